The number of carbonyl (C=O) groups excluding carboxylic acids is 1. The van der Waals surface area contributed by atoms with Crippen LogP contribution < -0.4 is 0 Å². The van der Waals surface area contributed by atoms with Gasteiger partial charge in [-0.1, -0.05) is 25.1 Å². The lowest BCUT2D eigenvalue weighted by molar-refractivity contribution is 0.0942. The summed E-state index contributed by atoms with van der Waals surface area (Å²) in [5, 5.41) is 4.32. The molecule has 1 aromatic carbocycles. The molecule has 0 unspecified atom stereocenters. The molecule has 0 spiro atoms. The Balaban J connectivity index is 2.45. The summed E-state index contributed by atoms with van der Waals surface area (Å²) < 4.78 is 1.50. The Morgan fingerprint density at radius 3 is 2.41 bits per heavy atom. The van der Waals surface area contributed by atoms with Crippen LogP contribution in [0.4, 0.5) is 0 Å². The van der Waals surface area contributed by atoms with E-state index in [-0.39, 0.29) is 5.91 Å². The molecule has 0 saturated heterocycles. The van der Waals surface area contributed by atoms with E-state index in [0.717, 1.165) is 23.4 Å². The predicted molar refractivity (Wildman–Crippen MR) is 67.2 cm³/mol. The highest BCUT2D eigenvalue weighted by molar-refractivity contribution is 5.95. The van der Waals surface area contributed by atoms with Gasteiger partial charge in [0.05, 0.1) is 5.69 Å². The lowest BCUT2D eigenvalue weighted by Gasteiger charge is -2.03. The van der Waals surface area contributed by atoms with Gasteiger partial charge in [-0.3, -0.25) is 4.79 Å². The average molecular weight is 228 g/mol. The van der Waals surface area contributed by atoms with E-state index in [2.05, 4.69) is 12.0 Å². The molecule has 0 fully saturated rings. The minimum absolute atomic E-state index is 0.0640. The first-order valence-corrected chi connectivity index (χ1v) is 5.80. The molecule has 2 aromatic rings. The zero-order valence-corrected chi connectivity index (χ0v) is 10.4. The Morgan fingerprint density at radius 1 is 1.24 bits per heavy atom. The number of rotatable bonds is 2. The summed E-state index contributed by atoms with van der Waals surface area (Å²) in [7, 11) is 0. The van der Waals surface area contributed by atoms with Gasteiger partial charge in [-0.15, -0.1) is 0 Å². The van der Waals surface area contributed by atoms with Crippen molar-refractivity contribution in [2.75, 3.05) is 0 Å². The largest absolute Gasteiger partial charge is 0.278 e. The molecule has 0 aliphatic heterocycles. The third-order valence-electron chi connectivity index (χ3n) is 3.01. The predicted octanol–water partition coefficient (Wildman–Crippen LogP) is 2.75. The first-order valence-electron chi connectivity index (χ1n) is 5.80. The highest BCUT2D eigenvalue weighted by Gasteiger charge is 2.16. The molecule has 0 radical (unpaired) electrons. The van der Waals surface area contributed by atoms with E-state index in [1.807, 2.05) is 44.2 Å². The van der Waals surface area contributed by atoms with Crippen molar-refractivity contribution in [1.82, 2.24) is 9.78 Å². The Bertz CT molecular complexity index is 541. The van der Waals surface area contributed by atoms with Gasteiger partial charge in [0.1, 0.15) is 0 Å². The van der Waals surface area contributed by atoms with Crippen molar-refractivity contribution in [3.8, 4) is 0 Å². The normalized spacial score (nSPS) is 10.5. The SMILES string of the molecule is CCc1c(C)nn(C(=O)c2ccccc2)c1C. The van der Waals surface area contributed by atoms with Crippen LogP contribution >= 0.6 is 0 Å². The number of hydrogen-bond acceptors (Lipinski definition) is 2. The van der Waals surface area contributed by atoms with Crippen LogP contribution in [0.1, 0.15) is 34.2 Å². The smallest absolute Gasteiger partial charge is 0.267 e. The van der Waals surface area contributed by atoms with Gasteiger partial charge in [-0.2, -0.15) is 5.10 Å². The quantitative estimate of drug-likeness (QED) is 0.792. The van der Waals surface area contributed by atoms with E-state index in [1.165, 1.54) is 4.68 Å². The number of aromatic nitrogens is 2. The molecule has 2 rings (SSSR count). The second kappa shape index (κ2) is 4.53. The van der Waals surface area contributed by atoms with Crippen LogP contribution in [0.3, 0.4) is 0 Å². The van der Waals surface area contributed by atoms with Crippen molar-refractivity contribution in [3.05, 3.63) is 52.8 Å². The second-order valence-corrected chi connectivity index (χ2v) is 4.09. The van der Waals surface area contributed by atoms with Crippen LogP contribution in [0.15, 0.2) is 30.3 Å². The molecule has 17 heavy (non-hydrogen) atoms. The van der Waals surface area contributed by atoms with Gasteiger partial charge in [0.2, 0.25) is 0 Å². The van der Waals surface area contributed by atoms with Crippen molar-refractivity contribution >= 4 is 5.91 Å². The molecular weight excluding hydrogens is 212 g/mol. The van der Waals surface area contributed by atoms with Gasteiger partial charge < -0.3 is 0 Å². The highest BCUT2D eigenvalue weighted by Crippen LogP contribution is 2.15. The summed E-state index contributed by atoms with van der Waals surface area (Å²) in [6.07, 6.45) is 0.903. The number of hydrogen-bond donors (Lipinski definition) is 0. The molecule has 0 N–H and O–H groups in total. The van der Waals surface area contributed by atoms with Crippen LogP contribution in [-0.2, 0) is 6.42 Å². The standard InChI is InChI=1S/C14H16N2O/c1-4-13-10(2)15-16(11(13)3)14(17)12-8-6-5-7-9-12/h5-9H,4H2,1-3H3. The maximum Gasteiger partial charge on any atom is 0.278 e. The van der Waals surface area contributed by atoms with Crippen molar-refractivity contribution in [3.63, 3.8) is 0 Å². The summed E-state index contributed by atoms with van der Waals surface area (Å²) in [6, 6.07) is 9.24. The highest BCUT2D eigenvalue weighted by atomic mass is 16.2. The zero-order valence-electron chi connectivity index (χ0n) is 10.4. The van der Waals surface area contributed by atoms with Crippen molar-refractivity contribution in [2.45, 2.75) is 27.2 Å². The number of aryl methyl sites for hydroxylation is 1. The Hall–Kier alpha value is -1.90. The Kier molecular flexibility index (Phi) is 3.09. The van der Waals surface area contributed by atoms with Gasteiger partial charge in [-0.25, -0.2) is 4.68 Å². The second-order valence-electron chi connectivity index (χ2n) is 4.09. The first kappa shape index (κ1) is 11.6. The van der Waals surface area contributed by atoms with E-state index in [1.54, 1.807) is 0 Å². The minimum Gasteiger partial charge on any atom is -0.267 e. The fourth-order valence-corrected chi connectivity index (χ4v) is 2.09. The molecule has 1 aromatic heterocycles. The molecule has 3 nitrogen and oxygen atoms in total. The molecule has 0 bridgehead atoms. The number of carbonyl (C=O) groups is 1. The first-order chi connectivity index (χ1) is 8.15. The summed E-state index contributed by atoms with van der Waals surface area (Å²) in [5.41, 5.74) is 3.71. The number of benzene rings is 1. The van der Waals surface area contributed by atoms with Crippen LogP contribution in [-0.4, -0.2) is 15.7 Å². The number of nitrogens with zero attached hydrogens (tertiary/aromatic N) is 2. The fraction of sp³-hybridized carbons (Fsp3) is 0.286. The van der Waals surface area contributed by atoms with E-state index >= 15 is 0 Å². The fourth-order valence-electron chi connectivity index (χ4n) is 2.09. The Labute approximate surface area is 101 Å². The van der Waals surface area contributed by atoms with Crippen LogP contribution in [0.25, 0.3) is 0 Å². The molecule has 88 valence electrons. The molecule has 1 heterocycles. The lowest BCUT2D eigenvalue weighted by Crippen LogP contribution is -2.15. The summed E-state index contributed by atoms with van der Waals surface area (Å²) in [5.74, 6) is -0.0640. The zero-order chi connectivity index (χ0) is 12.4. The molecule has 0 aliphatic carbocycles. The van der Waals surface area contributed by atoms with Crippen LogP contribution in [0.5, 0.6) is 0 Å². The van der Waals surface area contributed by atoms with Gasteiger partial charge in [0, 0.05) is 11.3 Å². The monoisotopic (exact) mass is 228 g/mol. The van der Waals surface area contributed by atoms with Gasteiger partial charge >= 0.3 is 0 Å². The molecular formula is C14H16N2O. The van der Waals surface area contributed by atoms with Gasteiger partial charge in [-0.05, 0) is 38.0 Å². The van der Waals surface area contributed by atoms with Gasteiger partial charge in [0.15, 0.2) is 0 Å². The van der Waals surface area contributed by atoms with Crippen molar-refractivity contribution in [2.24, 2.45) is 0 Å². The molecule has 3 heteroatoms. The average Bonchev–Trinajstić information content (AvgIpc) is 2.64. The Morgan fingerprint density at radius 2 is 1.88 bits per heavy atom. The molecule has 0 saturated carbocycles. The topological polar surface area (TPSA) is 34.9 Å². The third-order valence-corrected chi connectivity index (χ3v) is 3.01. The summed E-state index contributed by atoms with van der Waals surface area (Å²) >= 11 is 0. The maximum absolute atomic E-state index is 12.2. The third kappa shape index (κ3) is 2.00. The van der Waals surface area contributed by atoms with Crippen LogP contribution in [0.2, 0.25) is 0 Å². The van der Waals surface area contributed by atoms with Crippen molar-refractivity contribution < 1.29 is 4.79 Å². The molecule has 0 amide bonds. The van der Waals surface area contributed by atoms with E-state index in [0.29, 0.717) is 5.56 Å². The maximum atomic E-state index is 12.2. The molecule has 0 aliphatic rings. The van der Waals surface area contributed by atoms with Crippen LogP contribution in [0, 0.1) is 13.8 Å². The van der Waals surface area contributed by atoms with Gasteiger partial charge in [0.25, 0.3) is 5.91 Å². The van der Waals surface area contributed by atoms with E-state index < -0.39 is 0 Å². The van der Waals surface area contributed by atoms with E-state index in [9.17, 15) is 4.79 Å². The summed E-state index contributed by atoms with van der Waals surface area (Å²) in [6.45, 7) is 5.97. The van der Waals surface area contributed by atoms with E-state index in [4.69, 9.17) is 0 Å². The van der Waals surface area contributed by atoms with Crippen molar-refractivity contribution in [1.29, 1.82) is 0 Å². The summed E-state index contributed by atoms with van der Waals surface area (Å²) in [4.78, 5) is 12.2. The lowest BCUT2D eigenvalue weighted by atomic mass is 10.1. The minimum atomic E-state index is -0.0640. The molecule has 0 atom stereocenters.